The first-order chi connectivity index (χ1) is 14.0. The van der Waals surface area contributed by atoms with E-state index in [1.807, 2.05) is 43.3 Å². The molecule has 0 N–H and O–H groups in total. The zero-order valence-electron chi connectivity index (χ0n) is 18.1. The predicted molar refractivity (Wildman–Crippen MR) is 122 cm³/mol. The van der Waals surface area contributed by atoms with Crippen molar-refractivity contribution in [2.24, 2.45) is 0 Å². The Morgan fingerprint density at radius 1 is 0.897 bits per heavy atom. The van der Waals surface area contributed by atoms with Crippen molar-refractivity contribution in [1.82, 2.24) is 0 Å². The molecule has 4 nitrogen and oxygen atoms in total. The third-order valence-electron chi connectivity index (χ3n) is 5.29. The number of fused-ring (bicyclic) bond motifs is 1. The van der Waals surface area contributed by atoms with E-state index in [9.17, 15) is 4.79 Å². The Morgan fingerprint density at radius 2 is 1.52 bits per heavy atom. The van der Waals surface area contributed by atoms with Crippen LogP contribution in [-0.4, -0.2) is 33.0 Å². The Kier molecular flexibility index (Phi) is 6.97. The lowest BCUT2D eigenvalue weighted by Gasteiger charge is -2.24. The van der Waals surface area contributed by atoms with Crippen molar-refractivity contribution in [3.05, 3.63) is 59.4 Å². The van der Waals surface area contributed by atoms with Crippen molar-refractivity contribution in [1.29, 1.82) is 0 Å². The lowest BCUT2D eigenvalue weighted by molar-refractivity contribution is 0.101. The number of nitrogens with zero attached hydrogens (tertiary/aromatic N) is 2. The van der Waals surface area contributed by atoms with Gasteiger partial charge in [0.05, 0.1) is 5.56 Å². The van der Waals surface area contributed by atoms with Crippen LogP contribution in [0.15, 0.2) is 48.2 Å². The van der Waals surface area contributed by atoms with Crippen molar-refractivity contribution in [2.75, 3.05) is 37.0 Å². The molecule has 0 spiro atoms. The minimum Gasteiger partial charge on any atom is -0.452 e. The topological polar surface area (TPSA) is 32.8 Å². The summed E-state index contributed by atoms with van der Waals surface area (Å²) in [6.45, 7) is 6.63. The molecule has 0 amide bonds. The smallest absolute Gasteiger partial charge is 0.231 e. The van der Waals surface area contributed by atoms with E-state index in [4.69, 9.17) is 4.74 Å². The molecule has 29 heavy (non-hydrogen) atoms. The monoisotopic (exact) mass is 392 g/mol. The van der Waals surface area contributed by atoms with Crippen LogP contribution in [0.5, 0.6) is 5.75 Å². The van der Waals surface area contributed by atoms with E-state index in [0.29, 0.717) is 17.1 Å². The highest BCUT2D eigenvalue weighted by molar-refractivity contribution is 6.14. The van der Waals surface area contributed by atoms with E-state index in [2.05, 4.69) is 43.0 Å². The van der Waals surface area contributed by atoms with Crippen LogP contribution in [0.1, 0.15) is 55.5 Å². The quantitative estimate of drug-likeness (QED) is 0.507. The van der Waals surface area contributed by atoms with Gasteiger partial charge in [-0.05, 0) is 48.7 Å². The third kappa shape index (κ3) is 5.00. The van der Waals surface area contributed by atoms with E-state index >= 15 is 0 Å². The Morgan fingerprint density at radius 3 is 2.10 bits per heavy atom. The summed E-state index contributed by atoms with van der Waals surface area (Å²) in [6.07, 6.45) is 6.63. The second-order valence-corrected chi connectivity index (χ2v) is 7.80. The van der Waals surface area contributed by atoms with E-state index in [1.165, 1.54) is 31.4 Å². The Hall–Kier alpha value is -2.75. The van der Waals surface area contributed by atoms with Crippen LogP contribution in [0.3, 0.4) is 0 Å². The van der Waals surface area contributed by atoms with Gasteiger partial charge in [-0.1, -0.05) is 38.8 Å². The first kappa shape index (κ1) is 21.0. The van der Waals surface area contributed by atoms with Gasteiger partial charge in [-0.2, -0.15) is 0 Å². The molecular weight excluding hydrogens is 360 g/mol. The molecular formula is C25H32N2O2. The molecule has 1 aliphatic rings. The van der Waals surface area contributed by atoms with Gasteiger partial charge in [0.15, 0.2) is 5.76 Å². The average Bonchev–Trinajstić information content (AvgIpc) is 3.03. The molecule has 0 saturated carbocycles. The molecule has 0 atom stereocenters. The van der Waals surface area contributed by atoms with Gasteiger partial charge in [0.1, 0.15) is 5.75 Å². The van der Waals surface area contributed by atoms with E-state index in [-0.39, 0.29) is 5.78 Å². The zero-order valence-corrected chi connectivity index (χ0v) is 18.1. The van der Waals surface area contributed by atoms with Crippen LogP contribution in [0, 0.1) is 0 Å². The standard InChI is InChI=1S/C25H32N2O2/c1-5-7-15-27(16-8-6-2)20-11-9-19(10-12-20)17-24-25(28)22-14-13-21(26(3)4)18-23(22)29-24/h9-14,17-18H,5-8,15-16H2,1-4H3/b24-17+. The number of carbonyl (C=O) groups is 1. The summed E-state index contributed by atoms with van der Waals surface area (Å²) in [7, 11) is 3.95. The lowest BCUT2D eigenvalue weighted by atomic mass is 10.1. The van der Waals surface area contributed by atoms with Crippen molar-refractivity contribution in [3.8, 4) is 5.75 Å². The summed E-state index contributed by atoms with van der Waals surface area (Å²) in [5.74, 6) is 0.966. The lowest BCUT2D eigenvalue weighted by Crippen LogP contribution is -2.25. The normalized spacial score (nSPS) is 14.1. The number of unbranched alkanes of at least 4 members (excludes halogenated alkanes) is 2. The third-order valence-corrected chi connectivity index (χ3v) is 5.29. The number of hydrogen-bond acceptors (Lipinski definition) is 4. The van der Waals surface area contributed by atoms with Gasteiger partial charge in [0.25, 0.3) is 0 Å². The van der Waals surface area contributed by atoms with Gasteiger partial charge in [0, 0.05) is 44.6 Å². The van der Waals surface area contributed by atoms with Gasteiger partial charge in [-0.15, -0.1) is 0 Å². The number of benzene rings is 2. The Bertz CT molecular complexity index is 861. The van der Waals surface area contributed by atoms with Crippen LogP contribution in [0.2, 0.25) is 0 Å². The number of rotatable bonds is 9. The number of hydrogen-bond donors (Lipinski definition) is 0. The highest BCUT2D eigenvalue weighted by Gasteiger charge is 2.27. The summed E-state index contributed by atoms with van der Waals surface area (Å²) >= 11 is 0. The molecule has 2 aromatic rings. The molecule has 0 saturated heterocycles. The average molecular weight is 393 g/mol. The highest BCUT2D eigenvalue weighted by atomic mass is 16.5. The number of Topliss-reactive ketones (excluding diaryl/α,β-unsaturated/α-hetero) is 1. The minimum atomic E-state index is -0.0538. The molecule has 0 bridgehead atoms. The van der Waals surface area contributed by atoms with Crippen molar-refractivity contribution < 1.29 is 9.53 Å². The molecule has 0 unspecified atom stereocenters. The first-order valence-electron chi connectivity index (χ1n) is 10.6. The number of ether oxygens (including phenoxy) is 1. The summed E-state index contributed by atoms with van der Waals surface area (Å²) in [5.41, 5.74) is 3.86. The molecule has 0 aromatic heterocycles. The van der Waals surface area contributed by atoms with Gasteiger partial charge < -0.3 is 14.5 Å². The van der Waals surface area contributed by atoms with Crippen molar-refractivity contribution in [3.63, 3.8) is 0 Å². The van der Waals surface area contributed by atoms with Crippen LogP contribution in [-0.2, 0) is 0 Å². The fourth-order valence-corrected chi connectivity index (χ4v) is 3.45. The summed E-state index contributed by atoms with van der Waals surface area (Å²) in [4.78, 5) is 17.1. The molecule has 0 aliphatic carbocycles. The predicted octanol–water partition coefficient (Wildman–Crippen LogP) is 5.78. The number of anilines is 2. The number of allylic oxidation sites excluding steroid dienone is 1. The second kappa shape index (κ2) is 9.64. The van der Waals surface area contributed by atoms with Gasteiger partial charge in [-0.3, -0.25) is 4.79 Å². The summed E-state index contributed by atoms with van der Waals surface area (Å²) < 4.78 is 5.87. The molecule has 1 heterocycles. The van der Waals surface area contributed by atoms with E-state index in [0.717, 1.165) is 24.3 Å². The molecule has 4 heteroatoms. The maximum atomic E-state index is 12.7. The molecule has 3 rings (SSSR count). The van der Waals surface area contributed by atoms with Crippen LogP contribution in [0.4, 0.5) is 11.4 Å². The molecule has 2 aromatic carbocycles. The maximum absolute atomic E-state index is 12.7. The molecule has 1 aliphatic heterocycles. The van der Waals surface area contributed by atoms with Crippen molar-refractivity contribution >= 4 is 23.2 Å². The fourth-order valence-electron chi connectivity index (χ4n) is 3.45. The zero-order chi connectivity index (χ0) is 20.8. The van der Waals surface area contributed by atoms with E-state index < -0.39 is 0 Å². The van der Waals surface area contributed by atoms with Crippen molar-refractivity contribution in [2.45, 2.75) is 39.5 Å². The largest absolute Gasteiger partial charge is 0.452 e. The minimum absolute atomic E-state index is 0.0538. The maximum Gasteiger partial charge on any atom is 0.231 e. The van der Waals surface area contributed by atoms with Crippen LogP contribution in [0.25, 0.3) is 6.08 Å². The fraction of sp³-hybridized carbons (Fsp3) is 0.400. The molecule has 154 valence electrons. The highest BCUT2D eigenvalue weighted by Crippen LogP contribution is 2.34. The van der Waals surface area contributed by atoms with Crippen LogP contribution < -0.4 is 14.5 Å². The summed E-state index contributed by atoms with van der Waals surface area (Å²) in [5, 5.41) is 0. The van der Waals surface area contributed by atoms with Gasteiger partial charge >= 0.3 is 0 Å². The van der Waals surface area contributed by atoms with Gasteiger partial charge in [-0.25, -0.2) is 0 Å². The van der Waals surface area contributed by atoms with Crippen LogP contribution >= 0.6 is 0 Å². The molecule has 0 radical (unpaired) electrons. The van der Waals surface area contributed by atoms with Gasteiger partial charge in [0.2, 0.25) is 5.78 Å². The Balaban J connectivity index is 1.76. The SMILES string of the molecule is CCCCN(CCCC)c1ccc(/C=C2/Oc3cc(N(C)C)ccc3C2=O)cc1. The Labute approximate surface area is 174 Å². The number of ketones is 1. The summed E-state index contributed by atoms with van der Waals surface area (Å²) in [6, 6.07) is 14.1. The first-order valence-corrected chi connectivity index (χ1v) is 10.6. The molecule has 0 fully saturated rings. The van der Waals surface area contributed by atoms with E-state index in [1.54, 1.807) is 0 Å². The number of carbonyl (C=O) groups excluding carboxylic acids is 1. The second-order valence-electron chi connectivity index (χ2n) is 7.80.